The topological polar surface area (TPSA) is 491 Å². The Morgan fingerprint density at radius 2 is 1.02 bits per heavy atom. The van der Waals surface area contributed by atoms with Crippen LogP contribution in [-0.4, -0.2) is 187 Å². The zero-order chi connectivity index (χ0) is 63.1. The van der Waals surface area contributed by atoms with Gasteiger partial charge in [-0.15, -0.1) is 0 Å². The minimum absolute atomic E-state index is 0.0181. The lowest BCUT2D eigenvalue weighted by Crippen LogP contribution is -2.62. The van der Waals surface area contributed by atoms with Crippen LogP contribution < -0.4 is 87.2 Å². The number of benzene rings is 1. The quantitative estimate of drug-likeness (QED) is 0.0348. The number of aliphatic hydroxyl groups excluding tert-OH is 2. The molecule has 0 saturated carbocycles. The van der Waals surface area contributed by atoms with E-state index in [0.717, 1.165) is 12.8 Å². The number of amides is 11. The summed E-state index contributed by atoms with van der Waals surface area (Å²) in [7, 11) is 0. The first-order valence-corrected chi connectivity index (χ1v) is 29.0. The average Bonchev–Trinajstić information content (AvgIpc) is 3.63. The van der Waals surface area contributed by atoms with Gasteiger partial charge in [-0.05, 0) is 115 Å². The highest BCUT2D eigenvalue weighted by Gasteiger charge is 2.37. The lowest BCUT2D eigenvalue weighted by atomic mass is 10.00. The Morgan fingerprint density at radius 3 is 1.52 bits per heavy atom. The first-order chi connectivity index (χ1) is 39.8. The normalized spacial score (nSPS) is 22.7. The molecule has 12 unspecified atom stereocenters. The lowest BCUT2D eigenvalue weighted by molar-refractivity contribution is -0.137. The van der Waals surface area contributed by atoms with Crippen LogP contribution in [0.25, 0.3) is 0 Å². The molecule has 29 nitrogen and oxygen atoms in total. The number of rotatable bonds is 28. The van der Waals surface area contributed by atoms with Gasteiger partial charge in [-0.25, -0.2) is 0 Å². The van der Waals surface area contributed by atoms with Crippen LogP contribution in [0.1, 0.15) is 118 Å². The summed E-state index contributed by atoms with van der Waals surface area (Å²) in [5.41, 5.74) is 29.9. The maximum absolute atomic E-state index is 14.5. The fourth-order valence-corrected chi connectivity index (χ4v) is 8.98. The van der Waals surface area contributed by atoms with Crippen molar-refractivity contribution in [1.82, 2.24) is 58.5 Å². The summed E-state index contributed by atoms with van der Waals surface area (Å²) in [6, 6.07) is -6.23. The predicted molar refractivity (Wildman–Crippen MR) is 312 cm³/mol. The third-order valence-corrected chi connectivity index (χ3v) is 13.6. The largest absolute Gasteiger partial charge is 0.391 e. The Hall–Kier alpha value is -6.89. The summed E-state index contributed by atoms with van der Waals surface area (Å²) in [5.74, 6) is -9.52. The molecule has 1 heterocycles. The molecule has 0 spiro atoms. The Morgan fingerprint density at radius 1 is 0.536 bits per heavy atom. The standard InChI is InChI=1S/C55H96N16O13/c1-30(2)12-10-11-15-43(74)62-35(16-22-56)50(79)71-45(33(6)73)55(84)67-38(19-25-59)47(76)66-40-21-27-61-54(83)44(32(5)72)70-51(80)39(20-26-60)64-46(75)36(17-23-57)65-52(81)41(28-31(3)4)68-53(82)42(29-34-13-8-7-9-14-34)69-48(77)37(18-24-58)63-49(40)78/h7-9,13-14,30-33,35-42,44-45,72-73H,10-12,15-29,56-60H2,1-6H3,(H,61,83)(H,62,74)(H,63,78)(H,64,75)(H,65,81)(H,66,76)(H,67,84)(H,68,82)(H,69,77)(H,70,80)(H,71,79). The van der Waals surface area contributed by atoms with Gasteiger partial charge < -0.3 is 97.4 Å². The highest BCUT2D eigenvalue weighted by molar-refractivity contribution is 5.99. The minimum atomic E-state index is -1.70. The highest BCUT2D eigenvalue weighted by atomic mass is 16.3. The van der Waals surface area contributed by atoms with Crippen LogP contribution in [0, 0.1) is 11.8 Å². The minimum Gasteiger partial charge on any atom is -0.391 e. The van der Waals surface area contributed by atoms with E-state index in [1.807, 2.05) is 0 Å². The summed E-state index contributed by atoms with van der Waals surface area (Å²) >= 11 is 0. The van der Waals surface area contributed by atoms with E-state index in [2.05, 4.69) is 72.3 Å². The van der Waals surface area contributed by atoms with E-state index >= 15 is 0 Å². The number of unbranched alkanes of at least 4 members (excludes halogenated alkanes) is 1. The SMILES string of the molecule is CC(C)CCCCC(=O)NC(CCN)C(=O)NC(C(=O)NC(CCN)C(=O)NC1CCNC(=O)C(C(C)O)NC(=O)C(CCN)NC(=O)C(CCN)NC(=O)C(CC(C)C)NC(=O)C(Cc2ccccc2)NC(=O)C(CCN)NC1=O)C(C)O. The van der Waals surface area contributed by atoms with E-state index in [0.29, 0.717) is 17.9 Å². The molecule has 23 N–H and O–H groups in total. The maximum atomic E-state index is 14.5. The molecule has 0 aliphatic carbocycles. The number of nitrogens with one attached hydrogen (secondary N) is 11. The number of hydrogen-bond acceptors (Lipinski definition) is 18. The summed E-state index contributed by atoms with van der Waals surface area (Å²) < 4.78 is 0. The zero-order valence-corrected chi connectivity index (χ0v) is 49.5. The number of nitrogens with two attached hydrogens (primary N) is 5. The van der Waals surface area contributed by atoms with Crippen molar-refractivity contribution < 1.29 is 63.0 Å². The third-order valence-electron chi connectivity index (χ3n) is 13.6. The van der Waals surface area contributed by atoms with Crippen molar-refractivity contribution in [3.05, 3.63) is 35.9 Å². The van der Waals surface area contributed by atoms with E-state index in [9.17, 15) is 63.0 Å². The van der Waals surface area contributed by atoms with E-state index in [4.69, 9.17) is 28.7 Å². The van der Waals surface area contributed by atoms with Gasteiger partial charge in [0.05, 0.1) is 12.2 Å². The molecule has 1 aromatic rings. The van der Waals surface area contributed by atoms with E-state index in [1.165, 1.54) is 13.8 Å². The molecule has 1 aliphatic rings. The van der Waals surface area contributed by atoms with Gasteiger partial charge in [-0.3, -0.25) is 52.7 Å². The molecule has 29 heteroatoms. The van der Waals surface area contributed by atoms with E-state index in [1.54, 1.807) is 44.2 Å². The van der Waals surface area contributed by atoms with Gasteiger partial charge in [0.15, 0.2) is 0 Å². The molecule has 11 amide bonds. The Kier molecular flexibility index (Phi) is 33.9. The summed E-state index contributed by atoms with van der Waals surface area (Å²) in [4.78, 5) is 154. The highest BCUT2D eigenvalue weighted by Crippen LogP contribution is 2.12. The fourth-order valence-electron chi connectivity index (χ4n) is 8.98. The predicted octanol–water partition coefficient (Wildman–Crippen LogP) is -5.63. The van der Waals surface area contributed by atoms with Crippen LogP contribution >= 0.6 is 0 Å². The Labute approximate surface area is 491 Å². The molecule has 1 saturated heterocycles. The van der Waals surface area contributed by atoms with Crippen molar-refractivity contribution in [2.75, 3.05) is 39.3 Å². The van der Waals surface area contributed by atoms with Crippen LogP contribution in [0.2, 0.25) is 0 Å². The van der Waals surface area contributed by atoms with Gasteiger partial charge in [-0.1, -0.05) is 70.9 Å². The van der Waals surface area contributed by atoms with Crippen LogP contribution in [0.5, 0.6) is 0 Å². The molecule has 0 radical (unpaired) electrons. The van der Waals surface area contributed by atoms with Gasteiger partial charge >= 0.3 is 0 Å². The van der Waals surface area contributed by atoms with Crippen LogP contribution in [-0.2, 0) is 59.2 Å². The second kappa shape index (κ2) is 38.9. The molecular formula is C55H96N16O13. The van der Waals surface area contributed by atoms with Crippen LogP contribution in [0.4, 0.5) is 0 Å². The maximum Gasteiger partial charge on any atom is 0.245 e. The van der Waals surface area contributed by atoms with Crippen molar-refractivity contribution in [3.8, 4) is 0 Å². The monoisotopic (exact) mass is 1190 g/mol. The van der Waals surface area contributed by atoms with Crippen LogP contribution in [0.15, 0.2) is 30.3 Å². The van der Waals surface area contributed by atoms with Gasteiger partial charge in [0.1, 0.15) is 60.4 Å². The number of hydrogen-bond donors (Lipinski definition) is 18. The zero-order valence-electron chi connectivity index (χ0n) is 49.5. The second-order valence-corrected chi connectivity index (χ2v) is 21.9. The molecule has 0 aromatic heterocycles. The second-order valence-electron chi connectivity index (χ2n) is 21.9. The van der Waals surface area contributed by atoms with Gasteiger partial charge in [-0.2, -0.15) is 0 Å². The van der Waals surface area contributed by atoms with Gasteiger partial charge in [0.25, 0.3) is 0 Å². The summed E-state index contributed by atoms with van der Waals surface area (Å²) in [5, 5.41) is 49.6. The van der Waals surface area contributed by atoms with Crippen molar-refractivity contribution in [1.29, 1.82) is 0 Å². The third kappa shape index (κ3) is 26.4. The molecule has 1 fully saturated rings. The Bertz CT molecular complexity index is 2290. The first-order valence-electron chi connectivity index (χ1n) is 29.0. The summed E-state index contributed by atoms with van der Waals surface area (Å²) in [6.45, 7) is 8.92. The molecule has 1 aliphatic heterocycles. The molecule has 1 aromatic carbocycles. The van der Waals surface area contributed by atoms with Gasteiger partial charge in [0, 0.05) is 19.4 Å². The summed E-state index contributed by atoms with van der Waals surface area (Å²) in [6.07, 6.45) is -2.10. The number of carbonyl (C=O) groups is 11. The average molecular weight is 1190 g/mol. The number of carbonyl (C=O) groups excluding carboxylic acids is 11. The van der Waals surface area contributed by atoms with Crippen molar-refractivity contribution >= 4 is 65.0 Å². The molecule has 2 rings (SSSR count). The van der Waals surface area contributed by atoms with Crippen molar-refractivity contribution in [3.63, 3.8) is 0 Å². The molecule has 84 heavy (non-hydrogen) atoms. The molecule has 0 bridgehead atoms. The van der Waals surface area contributed by atoms with Crippen molar-refractivity contribution in [2.24, 2.45) is 40.5 Å². The number of aliphatic hydroxyl groups is 2. The lowest BCUT2D eigenvalue weighted by Gasteiger charge is -2.29. The van der Waals surface area contributed by atoms with Gasteiger partial charge in [0.2, 0.25) is 65.0 Å². The van der Waals surface area contributed by atoms with E-state index in [-0.39, 0.29) is 90.0 Å². The van der Waals surface area contributed by atoms with Crippen molar-refractivity contribution in [2.45, 2.75) is 191 Å². The first kappa shape index (κ1) is 73.2. The molecular weight excluding hydrogens is 1090 g/mol. The molecule has 474 valence electrons. The fraction of sp³-hybridized carbons (Fsp3) is 0.691. The van der Waals surface area contributed by atoms with Crippen LogP contribution in [0.3, 0.4) is 0 Å². The van der Waals surface area contributed by atoms with E-state index < -0.39 is 151 Å². The molecule has 12 atom stereocenters. The Balaban J connectivity index is 2.69. The smallest absolute Gasteiger partial charge is 0.245 e.